The number of oxime groups is 1. The normalized spacial score (nSPS) is 13.1. The summed E-state index contributed by atoms with van der Waals surface area (Å²) >= 11 is 14.1. The van der Waals surface area contributed by atoms with E-state index in [0.29, 0.717) is 51.3 Å². The predicted octanol–water partition coefficient (Wildman–Crippen LogP) is 8.04. The molecule has 4 heterocycles. The van der Waals surface area contributed by atoms with Gasteiger partial charge in [-0.2, -0.15) is 0 Å². The van der Waals surface area contributed by atoms with E-state index in [-0.39, 0.29) is 65.1 Å². The molecule has 1 aliphatic rings. The van der Waals surface area contributed by atoms with Gasteiger partial charge in [-0.15, -0.1) is 28.0 Å². The Morgan fingerprint density at radius 3 is 2.63 bits per heavy atom. The third-order valence-corrected chi connectivity index (χ3v) is 11.2. The van der Waals surface area contributed by atoms with Crippen molar-refractivity contribution in [1.82, 2.24) is 25.3 Å². The fourth-order valence-corrected chi connectivity index (χ4v) is 8.07. The van der Waals surface area contributed by atoms with Crippen LogP contribution in [0.5, 0.6) is 11.6 Å². The largest absolute Gasteiger partial charge is 0.494 e. The number of aromatic nitrogens is 4. The molecule has 0 aliphatic carbocycles. The summed E-state index contributed by atoms with van der Waals surface area (Å²) in [5, 5.41) is 28.7. The number of para-hydroxylation sites is 1. The average Bonchev–Trinajstić information content (AvgIpc) is 4.10. The van der Waals surface area contributed by atoms with Crippen LogP contribution in [-0.2, 0) is 38.8 Å². The van der Waals surface area contributed by atoms with Gasteiger partial charge in [0.25, 0.3) is 0 Å². The van der Waals surface area contributed by atoms with Crippen molar-refractivity contribution in [3.63, 3.8) is 0 Å². The summed E-state index contributed by atoms with van der Waals surface area (Å²) in [6.07, 6.45) is 2.07. The summed E-state index contributed by atoms with van der Waals surface area (Å²) in [6.45, 7) is 0.418. The molecule has 14 nitrogen and oxygen atoms in total. The second-order valence-corrected chi connectivity index (χ2v) is 15.5. The molecule has 0 fully saturated rings. The smallest absolute Gasteiger partial charge is 0.336 e. The highest BCUT2D eigenvalue weighted by Crippen LogP contribution is 2.37. The molecule has 3 N–H and O–H groups in total. The van der Waals surface area contributed by atoms with Gasteiger partial charge in [-0.1, -0.05) is 76.6 Å². The van der Waals surface area contributed by atoms with Gasteiger partial charge in [0.1, 0.15) is 47.2 Å². The van der Waals surface area contributed by atoms with Crippen molar-refractivity contribution in [3.05, 3.63) is 153 Å². The maximum atomic E-state index is 14.1. The molecule has 0 radical (unpaired) electrons. The summed E-state index contributed by atoms with van der Waals surface area (Å²) in [5.41, 5.74) is 3.89. The first kappa shape index (κ1) is 41.8. The standard InChI is InChI=1S/C44H35Cl2FN8O6S/c45-23-37(56)55(42(36-11-6-20-62-36)44(59)48-18-16-26-7-2-1-3-8-26)29-13-15-35(32(46)22-29)60-25-28-24-54(53-51-28)19-17-38(57)61-52-40-31-14-12-27(47)21-34(31)49-41(40)39-30-9-4-5-10-33(30)50-43(39)58/h1-15,20-22,24,42,50,58H,16-19,23,25H2,(H,48,59)/b52-40+. The molecule has 1 atom stereocenters. The van der Waals surface area contributed by atoms with Crippen LogP contribution in [0, 0.1) is 5.82 Å². The first-order valence-corrected chi connectivity index (χ1v) is 21.0. The molecule has 62 heavy (non-hydrogen) atoms. The van der Waals surface area contributed by atoms with Gasteiger partial charge in [-0.3, -0.25) is 19.2 Å². The van der Waals surface area contributed by atoms with Crippen molar-refractivity contribution in [2.45, 2.75) is 32.0 Å². The molecule has 2 amide bonds. The Balaban J connectivity index is 0.898. The number of aryl methyl sites for hydroxylation is 1. The summed E-state index contributed by atoms with van der Waals surface area (Å²) in [7, 11) is 0. The van der Waals surface area contributed by atoms with Crippen molar-refractivity contribution in [3.8, 4) is 11.6 Å². The Morgan fingerprint density at radius 2 is 1.84 bits per heavy atom. The molecular formula is C44H35Cl2FN8O6S. The van der Waals surface area contributed by atoms with E-state index in [4.69, 9.17) is 32.8 Å². The number of aromatic amines is 1. The zero-order valence-corrected chi connectivity index (χ0v) is 34.8. The molecule has 1 unspecified atom stereocenters. The van der Waals surface area contributed by atoms with Crippen LogP contribution in [0.1, 0.15) is 39.7 Å². The van der Waals surface area contributed by atoms with Gasteiger partial charge in [0.15, 0.2) is 5.88 Å². The maximum absolute atomic E-state index is 14.1. The third-order valence-electron chi connectivity index (χ3n) is 9.79. The van der Waals surface area contributed by atoms with E-state index in [1.165, 1.54) is 45.2 Å². The molecule has 1 aliphatic heterocycles. The summed E-state index contributed by atoms with van der Waals surface area (Å²) in [5.74, 6) is -2.32. The number of thiophene rings is 1. The SMILES string of the molecule is O=C(CCn1cc(COc2ccc(N(C(=O)CCl)C(C(=O)NCCc3ccccc3)c3cccs3)cc2Cl)nn1)O/N=C1/C(c2c(O)[nH]c3ccccc23)=Nc2cc(F)ccc21. The monoisotopic (exact) mass is 892 g/mol. The van der Waals surface area contributed by atoms with Gasteiger partial charge in [-0.05, 0) is 59.8 Å². The van der Waals surface area contributed by atoms with Crippen LogP contribution in [0.3, 0.4) is 0 Å². The second kappa shape index (κ2) is 18.8. The van der Waals surface area contributed by atoms with E-state index in [0.717, 1.165) is 5.56 Å². The topological polar surface area (TPSA) is 176 Å². The Kier molecular flexibility index (Phi) is 12.7. The number of rotatable bonds is 16. The van der Waals surface area contributed by atoms with Crippen molar-refractivity contribution < 1.29 is 33.5 Å². The molecule has 0 saturated carbocycles. The fourth-order valence-electron chi connectivity index (χ4n) is 6.90. The van der Waals surface area contributed by atoms with Crippen LogP contribution >= 0.6 is 34.5 Å². The van der Waals surface area contributed by atoms with E-state index in [1.54, 1.807) is 48.7 Å². The number of H-pyrrole nitrogens is 1. The van der Waals surface area contributed by atoms with Crippen LogP contribution in [0.25, 0.3) is 10.9 Å². The number of nitrogens with zero attached hydrogens (tertiary/aromatic N) is 6. The highest BCUT2D eigenvalue weighted by Gasteiger charge is 2.34. The lowest BCUT2D eigenvalue weighted by Crippen LogP contribution is -2.44. The molecule has 7 aromatic rings. The lowest BCUT2D eigenvalue weighted by molar-refractivity contribution is -0.144. The van der Waals surface area contributed by atoms with E-state index in [2.05, 4.69) is 30.8 Å². The number of amides is 2. The first-order valence-electron chi connectivity index (χ1n) is 19.2. The molecule has 18 heteroatoms. The Morgan fingerprint density at radius 1 is 1.02 bits per heavy atom. The minimum atomic E-state index is -1.00. The number of fused-ring (bicyclic) bond motifs is 2. The van der Waals surface area contributed by atoms with Crippen molar-refractivity contribution in [2.75, 3.05) is 17.3 Å². The number of hydrogen-bond donors (Lipinski definition) is 3. The van der Waals surface area contributed by atoms with Crippen LogP contribution < -0.4 is 15.0 Å². The van der Waals surface area contributed by atoms with Gasteiger partial charge < -0.3 is 25.0 Å². The molecule has 3 aromatic heterocycles. The van der Waals surface area contributed by atoms with E-state index in [1.807, 2.05) is 41.8 Å². The lowest BCUT2D eigenvalue weighted by atomic mass is 10.0. The second-order valence-electron chi connectivity index (χ2n) is 13.9. The van der Waals surface area contributed by atoms with Crippen LogP contribution in [0.15, 0.2) is 125 Å². The predicted molar refractivity (Wildman–Crippen MR) is 234 cm³/mol. The van der Waals surface area contributed by atoms with E-state index >= 15 is 0 Å². The van der Waals surface area contributed by atoms with Crippen molar-refractivity contribution >= 4 is 86.0 Å². The van der Waals surface area contributed by atoms with Gasteiger partial charge in [0, 0.05) is 39.6 Å². The molecule has 0 spiro atoms. The number of aliphatic imine (C=N–C) groups is 1. The number of alkyl halides is 1. The van der Waals surface area contributed by atoms with Crippen LogP contribution in [0.4, 0.5) is 15.8 Å². The first-order chi connectivity index (χ1) is 30.2. The molecule has 314 valence electrons. The number of halogens is 3. The minimum absolute atomic E-state index is 0.0358. The van der Waals surface area contributed by atoms with Crippen LogP contribution in [-0.4, -0.2) is 66.7 Å². The maximum Gasteiger partial charge on any atom is 0.336 e. The summed E-state index contributed by atoms with van der Waals surface area (Å²) in [4.78, 5) is 54.7. The van der Waals surface area contributed by atoms with Crippen LogP contribution in [0.2, 0.25) is 5.02 Å². The van der Waals surface area contributed by atoms with Gasteiger partial charge in [0.2, 0.25) is 11.8 Å². The van der Waals surface area contributed by atoms with E-state index in [9.17, 15) is 23.9 Å². The molecule has 0 saturated heterocycles. The quantitative estimate of drug-likeness (QED) is 0.0496. The number of benzene rings is 4. The number of nitrogens with one attached hydrogen (secondary N) is 2. The van der Waals surface area contributed by atoms with Crippen molar-refractivity contribution in [2.24, 2.45) is 10.1 Å². The number of hydrogen-bond acceptors (Lipinski definition) is 11. The minimum Gasteiger partial charge on any atom is -0.494 e. The molecule has 8 rings (SSSR count). The Bertz CT molecular complexity index is 2830. The number of carbonyl (C=O) groups is 3. The van der Waals surface area contributed by atoms with Gasteiger partial charge in [0.05, 0.1) is 35.4 Å². The Hall–Kier alpha value is -6.88. The zero-order valence-electron chi connectivity index (χ0n) is 32.5. The Labute approximate surface area is 367 Å². The molecule has 0 bridgehead atoms. The average molecular weight is 894 g/mol. The zero-order chi connectivity index (χ0) is 43.2. The number of anilines is 1. The van der Waals surface area contributed by atoms with E-state index < -0.39 is 23.7 Å². The molecular weight excluding hydrogens is 859 g/mol. The number of ether oxygens (including phenoxy) is 1. The van der Waals surface area contributed by atoms with Gasteiger partial charge in [-0.25, -0.2) is 14.2 Å². The molecule has 4 aromatic carbocycles. The van der Waals surface area contributed by atoms with Crippen molar-refractivity contribution in [1.29, 1.82) is 0 Å². The number of carbonyl (C=O) groups excluding carboxylic acids is 3. The number of aromatic hydroxyl groups is 1. The summed E-state index contributed by atoms with van der Waals surface area (Å²) < 4.78 is 21.5. The fraction of sp³-hybridized carbons (Fsp3) is 0.159. The highest BCUT2D eigenvalue weighted by atomic mass is 35.5. The summed E-state index contributed by atoms with van der Waals surface area (Å²) in [6, 6.07) is 28.2. The lowest BCUT2D eigenvalue weighted by Gasteiger charge is -2.30. The third kappa shape index (κ3) is 9.22. The van der Waals surface area contributed by atoms with Gasteiger partial charge >= 0.3 is 5.97 Å². The highest BCUT2D eigenvalue weighted by molar-refractivity contribution is 7.10.